The summed E-state index contributed by atoms with van der Waals surface area (Å²) < 4.78 is 31.6. The van der Waals surface area contributed by atoms with Crippen molar-refractivity contribution in [2.45, 2.75) is 77.0 Å². The van der Waals surface area contributed by atoms with Crippen molar-refractivity contribution in [1.29, 1.82) is 0 Å². The number of hydrogen-bond donors (Lipinski definition) is 3. The first kappa shape index (κ1) is 32.0. The average Bonchev–Trinajstić information content (AvgIpc) is 3.17. The number of rotatable bonds is 11. The highest BCUT2D eigenvalue weighted by Crippen LogP contribution is 2.25. The molecular formula is C28H42N6O7S. The van der Waals surface area contributed by atoms with Gasteiger partial charge in [-0.15, -0.1) is 9.03 Å². The van der Waals surface area contributed by atoms with Crippen LogP contribution in [-0.4, -0.2) is 80.4 Å². The Morgan fingerprint density at radius 3 is 2.57 bits per heavy atom. The van der Waals surface area contributed by atoms with Crippen LogP contribution in [0.15, 0.2) is 23.0 Å². The van der Waals surface area contributed by atoms with E-state index in [4.69, 9.17) is 9.47 Å². The number of aryl methyl sites for hydroxylation is 2. The van der Waals surface area contributed by atoms with Gasteiger partial charge in [0.1, 0.15) is 23.2 Å². The fraction of sp³-hybridized carbons (Fsp3) is 0.643. The van der Waals surface area contributed by atoms with E-state index in [1.54, 1.807) is 11.6 Å². The van der Waals surface area contributed by atoms with E-state index in [0.29, 0.717) is 64.0 Å². The first-order valence-corrected chi connectivity index (χ1v) is 15.6. The molecule has 42 heavy (non-hydrogen) atoms. The Bertz CT molecular complexity index is 1330. The molecule has 1 aromatic carbocycles. The minimum absolute atomic E-state index is 0.000640. The zero-order chi connectivity index (χ0) is 30.4. The third-order valence-electron chi connectivity index (χ3n) is 7.32. The van der Waals surface area contributed by atoms with Crippen molar-refractivity contribution in [2.24, 2.45) is 7.05 Å². The molecule has 0 bridgehead atoms. The van der Waals surface area contributed by atoms with Gasteiger partial charge in [-0.05, 0) is 64.5 Å². The quantitative estimate of drug-likeness (QED) is 0.195. The highest BCUT2D eigenvalue weighted by atomic mass is 32.2. The number of hydrogen-bond acceptors (Lipinski definition) is 9. The van der Waals surface area contributed by atoms with Crippen molar-refractivity contribution >= 4 is 40.5 Å². The van der Waals surface area contributed by atoms with Gasteiger partial charge in [0.2, 0.25) is 11.8 Å². The Morgan fingerprint density at radius 1 is 1.14 bits per heavy atom. The fourth-order valence-corrected chi connectivity index (χ4v) is 6.33. The molecule has 14 heteroatoms. The zero-order valence-corrected chi connectivity index (χ0v) is 25.6. The summed E-state index contributed by atoms with van der Waals surface area (Å²) in [5.41, 5.74) is 1.59. The number of para-hydroxylation sites is 1. The van der Waals surface area contributed by atoms with E-state index in [2.05, 4.69) is 15.4 Å². The minimum atomic E-state index is -1.33. The van der Waals surface area contributed by atoms with E-state index in [9.17, 15) is 23.7 Å². The molecule has 2 aromatic rings. The summed E-state index contributed by atoms with van der Waals surface area (Å²) in [6, 6.07) is 4.95. The molecule has 3 amide bonds. The largest absolute Gasteiger partial charge is 0.579 e. The second-order valence-corrected chi connectivity index (χ2v) is 13.0. The van der Waals surface area contributed by atoms with Crippen molar-refractivity contribution in [3.05, 3.63) is 34.2 Å². The summed E-state index contributed by atoms with van der Waals surface area (Å²) in [5.74, 6) is -0.769. The summed E-state index contributed by atoms with van der Waals surface area (Å²) in [6.07, 6.45) is 2.85. The first-order chi connectivity index (χ1) is 19.9. The molecule has 2 unspecified atom stereocenters. The number of fused-ring (bicyclic) bond motifs is 1. The normalized spacial score (nSPS) is 19.6. The summed E-state index contributed by atoms with van der Waals surface area (Å²) >= 11 is -1.33. The van der Waals surface area contributed by atoms with Crippen molar-refractivity contribution in [2.75, 3.05) is 32.8 Å². The van der Waals surface area contributed by atoms with E-state index in [0.717, 1.165) is 17.5 Å². The molecule has 0 spiro atoms. The van der Waals surface area contributed by atoms with Gasteiger partial charge in [0.15, 0.2) is 0 Å². The maximum atomic E-state index is 13.1. The molecule has 1 aromatic heterocycles. The predicted octanol–water partition coefficient (Wildman–Crippen LogP) is 1.42. The lowest BCUT2D eigenvalue weighted by molar-refractivity contribution is -0.135. The molecule has 3 heterocycles. The van der Waals surface area contributed by atoms with Crippen LogP contribution in [0.4, 0.5) is 4.79 Å². The number of piperidine rings is 2. The molecule has 4 rings (SSSR count). The molecule has 3 N–H and O–H groups in total. The van der Waals surface area contributed by atoms with Gasteiger partial charge in [-0.2, -0.15) is 0 Å². The highest BCUT2D eigenvalue weighted by molar-refractivity contribution is 7.87. The van der Waals surface area contributed by atoms with Crippen molar-refractivity contribution in [3.8, 4) is 0 Å². The number of nitrogens with one attached hydrogen (secondary N) is 3. The molecule has 13 nitrogen and oxygen atoms in total. The number of carbonyl (C=O) groups excluding carboxylic acids is 3. The van der Waals surface area contributed by atoms with Gasteiger partial charge in [-0.1, -0.05) is 12.1 Å². The third kappa shape index (κ3) is 8.13. The Hall–Kier alpha value is -2.91. The van der Waals surface area contributed by atoms with Gasteiger partial charge in [-0.3, -0.25) is 24.0 Å². The second-order valence-electron chi connectivity index (χ2n) is 11.7. The monoisotopic (exact) mass is 606 g/mol. The van der Waals surface area contributed by atoms with Gasteiger partial charge in [-0.25, -0.2) is 9.59 Å². The maximum absolute atomic E-state index is 13.1. The number of ether oxygens (including phenoxy) is 2. The highest BCUT2D eigenvalue weighted by Gasteiger charge is 2.32. The molecule has 2 aliphatic rings. The minimum Gasteiger partial charge on any atom is -0.579 e. The average molecular weight is 607 g/mol. The molecule has 2 saturated heterocycles. The maximum Gasteiger partial charge on any atom is 0.407 e. The lowest BCUT2D eigenvalue weighted by atomic mass is 10.0. The number of benzene rings is 1. The first-order valence-electron chi connectivity index (χ1n) is 14.4. The number of carbonyl (C=O) groups is 3. The SMILES string of the molecule is Cn1c(=O)n(C2CCC(=O)NC2=O)c2cccc(CCCOCCN[S+]([O-])N3CCC(NC(=O)OC(C)(C)C)CC3)c21. The van der Waals surface area contributed by atoms with Crippen molar-refractivity contribution < 1.29 is 28.4 Å². The number of nitrogens with zero attached hydrogens (tertiary/aromatic N) is 3. The summed E-state index contributed by atoms with van der Waals surface area (Å²) in [5, 5.41) is 5.21. The van der Waals surface area contributed by atoms with Crippen molar-refractivity contribution in [1.82, 2.24) is 28.8 Å². The Labute approximate surface area is 248 Å². The number of imide groups is 1. The van der Waals surface area contributed by atoms with Crippen LogP contribution in [0.5, 0.6) is 0 Å². The number of imidazole rings is 1. The summed E-state index contributed by atoms with van der Waals surface area (Å²) in [6.45, 7) is 7.99. The second kappa shape index (κ2) is 14.0. The van der Waals surface area contributed by atoms with E-state index >= 15 is 0 Å². The Kier molecular flexibility index (Phi) is 10.7. The number of aromatic nitrogens is 2. The van der Waals surface area contributed by atoms with E-state index in [1.807, 2.05) is 43.3 Å². The topological polar surface area (TPSA) is 159 Å². The summed E-state index contributed by atoms with van der Waals surface area (Å²) in [7, 11) is 1.69. The van der Waals surface area contributed by atoms with E-state index < -0.39 is 35.2 Å². The number of alkyl carbamates (subject to hydrolysis) is 1. The zero-order valence-electron chi connectivity index (χ0n) is 24.8. The lowest BCUT2D eigenvalue weighted by Crippen LogP contribution is -2.50. The molecular weight excluding hydrogens is 564 g/mol. The molecule has 0 radical (unpaired) electrons. The van der Waals surface area contributed by atoms with Crippen LogP contribution in [-0.2, 0) is 44.1 Å². The van der Waals surface area contributed by atoms with Gasteiger partial charge < -0.3 is 19.3 Å². The van der Waals surface area contributed by atoms with Crippen LogP contribution in [0.2, 0.25) is 0 Å². The van der Waals surface area contributed by atoms with Crippen LogP contribution in [0.1, 0.15) is 64.5 Å². The van der Waals surface area contributed by atoms with E-state index in [1.165, 1.54) is 4.57 Å². The standard InChI is InChI=1S/C28H42N6O7S/c1-28(2,3)41-26(37)30-20-12-15-33(16-13-20)42(39)29-14-18-40-17-6-8-19-7-5-9-21-24(19)32(4)27(38)34(21)22-10-11-23(35)31-25(22)36/h5,7,9,20,22,29H,6,8,10-18H2,1-4H3,(H,30,37)(H,31,35,36). The Morgan fingerprint density at radius 2 is 1.88 bits per heavy atom. The molecule has 232 valence electrons. The van der Waals surface area contributed by atoms with Gasteiger partial charge in [0.25, 0.3) is 0 Å². The molecule has 2 aliphatic heterocycles. The van der Waals surface area contributed by atoms with Crippen LogP contribution in [0.25, 0.3) is 11.0 Å². The van der Waals surface area contributed by atoms with Gasteiger partial charge in [0.05, 0.1) is 24.2 Å². The predicted molar refractivity (Wildman–Crippen MR) is 158 cm³/mol. The molecule has 0 saturated carbocycles. The summed E-state index contributed by atoms with van der Waals surface area (Å²) in [4.78, 5) is 49.1. The van der Waals surface area contributed by atoms with Crippen LogP contribution < -0.4 is 21.0 Å². The Balaban J connectivity index is 1.17. The van der Waals surface area contributed by atoms with Crippen LogP contribution in [0, 0.1) is 0 Å². The van der Waals surface area contributed by atoms with E-state index in [-0.39, 0.29) is 24.1 Å². The van der Waals surface area contributed by atoms with Gasteiger partial charge >= 0.3 is 11.8 Å². The lowest BCUT2D eigenvalue weighted by Gasteiger charge is -2.32. The van der Waals surface area contributed by atoms with Crippen molar-refractivity contribution in [3.63, 3.8) is 0 Å². The smallest absolute Gasteiger partial charge is 0.407 e. The molecule has 0 aliphatic carbocycles. The number of amides is 3. The van der Waals surface area contributed by atoms with Crippen LogP contribution in [0.3, 0.4) is 0 Å². The molecule has 2 fully saturated rings. The third-order valence-corrected chi connectivity index (χ3v) is 8.61. The molecule has 2 atom stereocenters. The van der Waals surface area contributed by atoms with Crippen LogP contribution >= 0.6 is 0 Å². The van der Waals surface area contributed by atoms with Gasteiger partial charge in [0, 0.05) is 39.2 Å². The fourth-order valence-electron chi connectivity index (χ4n) is 5.35.